The molecule has 0 unspecified atom stereocenters. The van der Waals surface area contributed by atoms with Crippen molar-refractivity contribution in [2.75, 3.05) is 4.72 Å². The van der Waals surface area contributed by atoms with E-state index in [1.165, 1.54) is 12.1 Å². The lowest BCUT2D eigenvalue weighted by Crippen LogP contribution is -2.19. The Labute approximate surface area is 112 Å². The molecule has 7 heteroatoms. The van der Waals surface area contributed by atoms with Crippen LogP contribution in [0.3, 0.4) is 0 Å². The van der Waals surface area contributed by atoms with Gasteiger partial charge in [0.25, 0.3) is 0 Å². The van der Waals surface area contributed by atoms with Gasteiger partial charge in [0.15, 0.2) is 0 Å². The normalized spacial score (nSPS) is 15.6. The van der Waals surface area contributed by atoms with Crippen molar-refractivity contribution in [2.45, 2.75) is 18.1 Å². The van der Waals surface area contributed by atoms with Crippen LogP contribution in [0.4, 0.5) is 5.69 Å². The van der Waals surface area contributed by atoms with E-state index in [1.54, 1.807) is 6.07 Å². The fourth-order valence-electron chi connectivity index (χ4n) is 1.40. The molecule has 1 aromatic carbocycles. The minimum absolute atomic E-state index is 0.0267. The van der Waals surface area contributed by atoms with Crippen LogP contribution < -0.4 is 4.72 Å². The zero-order chi connectivity index (χ0) is 12.6. The second-order valence-corrected chi connectivity index (χ2v) is 7.05. The Morgan fingerprint density at radius 2 is 2.06 bits per heavy atom. The molecule has 0 aromatic heterocycles. The fraction of sp³-hybridized carbons (Fsp3) is 0.300. The van der Waals surface area contributed by atoms with Crippen molar-refractivity contribution in [1.29, 1.82) is 0 Å². The van der Waals surface area contributed by atoms with Gasteiger partial charge in [0.05, 0.1) is 16.5 Å². The summed E-state index contributed by atoms with van der Waals surface area (Å²) in [6.45, 7) is 0. The number of carboxylic acid groups (broad SMARTS) is 1. The van der Waals surface area contributed by atoms with Gasteiger partial charge in [-0.2, -0.15) is 0 Å². The largest absolute Gasteiger partial charge is 0.478 e. The zero-order valence-corrected chi connectivity index (χ0v) is 11.7. The highest BCUT2D eigenvalue weighted by Gasteiger charge is 2.36. The lowest BCUT2D eigenvalue weighted by molar-refractivity contribution is 0.0698. The lowest BCUT2D eigenvalue weighted by atomic mass is 10.2. The summed E-state index contributed by atoms with van der Waals surface area (Å²) in [6, 6.07) is 4.58. The number of hydrogen-bond acceptors (Lipinski definition) is 3. The molecule has 1 saturated carbocycles. The van der Waals surface area contributed by atoms with E-state index in [0.29, 0.717) is 12.8 Å². The van der Waals surface area contributed by atoms with E-state index in [1.807, 2.05) is 22.6 Å². The maximum absolute atomic E-state index is 11.7. The number of nitrogens with one attached hydrogen (secondary N) is 1. The van der Waals surface area contributed by atoms with Crippen molar-refractivity contribution in [3.05, 3.63) is 27.3 Å². The van der Waals surface area contributed by atoms with Crippen molar-refractivity contribution in [1.82, 2.24) is 0 Å². The van der Waals surface area contributed by atoms with Crippen LogP contribution in [0.15, 0.2) is 18.2 Å². The van der Waals surface area contributed by atoms with E-state index in [9.17, 15) is 13.2 Å². The maximum atomic E-state index is 11.7. The molecule has 92 valence electrons. The summed E-state index contributed by atoms with van der Waals surface area (Å²) >= 11 is 1.98. The van der Waals surface area contributed by atoms with E-state index in [2.05, 4.69) is 4.72 Å². The van der Waals surface area contributed by atoms with E-state index in [-0.39, 0.29) is 16.5 Å². The monoisotopic (exact) mass is 367 g/mol. The van der Waals surface area contributed by atoms with Crippen LogP contribution in [0.25, 0.3) is 0 Å². The zero-order valence-electron chi connectivity index (χ0n) is 8.68. The van der Waals surface area contributed by atoms with Gasteiger partial charge in [-0.05, 0) is 53.6 Å². The maximum Gasteiger partial charge on any atom is 0.337 e. The van der Waals surface area contributed by atoms with Gasteiger partial charge in [-0.3, -0.25) is 4.72 Å². The third-order valence-electron chi connectivity index (χ3n) is 2.43. The summed E-state index contributed by atoms with van der Waals surface area (Å²) in [5.74, 6) is -1.14. The molecular formula is C10H10INO4S. The Hall–Kier alpha value is -0.830. The molecule has 2 rings (SSSR count). The number of halogens is 1. The molecule has 0 spiro atoms. The van der Waals surface area contributed by atoms with Gasteiger partial charge in [-0.1, -0.05) is 0 Å². The van der Waals surface area contributed by atoms with Crippen LogP contribution >= 0.6 is 22.6 Å². The Morgan fingerprint density at radius 3 is 2.59 bits per heavy atom. The average molecular weight is 367 g/mol. The first-order valence-electron chi connectivity index (χ1n) is 4.94. The number of anilines is 1. The molecule has 1 aliphatic rings. The molecule has 0 aliphatic heterocycles. The van der Waals surface area contributed by atoms with Gasteiger partial charge in [-0.15, -0.1) is 0 Å². The SMILES string of the molecule is O=C(O)c1cc(I)ccc1NS(=O)(=O)C1CC1. The highest BCUT2D eigenvalue weighted by Crippen LogP contribution is 2.30. The minimum atomic E-state index is -3.42. The van der Waals surface area contributed by atoms with Gasteiger partial charge in [0.1, 0.15) is 0 Å². The van der Waals surface area contributed by atoms with Gasteiger partial charge in [-0.25, -0.2) is 13.2 Å². The predicted molar refractivity (Wildman–Crippen MR) is 71.7 cm³/mol. The van der Waals surface area contributed by atoms with E-state index >= 15 is 0 Å². The van der Waals surface area contributed by atoms with Crippen LogP contribution in [0, 0.1) is 3.57 Å². The first-order valence-corrected chi connectivity index (χ1v) is 7.57. The average Bonchev–Trinajstić information content (AvgIpc) is 3.03. The standard InChI is InChI=1S/C10H10INO4S/c11-6-1-4-9(8(5-6)10(13)14)12-17(15,16)7-2-3-7/h1,4-5,7,12H,2-3H2,(H,13,14). The first kappa shape index (κ1) is 12.6. The van der Waals surface area contributed by atoms with Crippen molar-refractivity contribution >= 4 is 44.3 Å². The topological polar surface area (TPSA) is 83.5 Å². The quantitative estimate of drug-likeness (QED) is 0.797. The molecule has 0 amide bonds. The van der Waals surface area contributed by atoms with Crippen LogP contribution in [0.2, 0.25) is 0 Å². The van der Waals surface area contributed by atoms with Crippen molar-refractivity contribution in [3.8, 4) is 0 Å². The van der Waals surface area contributed by atoms with Crippen LogP contribution in [-0.2, 0) is 10.0 Å². The van der Waals surface area contributed by atoms with E-state index in [0.717, 1.165) is 3.57 Å². The summed E-state index contributed by atoms with van der Waals surface area (Å²) in [5.41, 5.74) is 0.103. The Bertz CT molecular complexity index is 566. The van der Waals surface area contributed by atoms with Gasteiger partial charge < -0.3 is 5.11 Å². The number of aromatic carboxylic acids is 1. The molecule has 0 atom stereocenters. The molecule has 0 saturated heterocycles. The van der Waals surface area contributed by atoms with Crippen LogP contribution in [0.1, 0.15) is 23.2 Å². The van der Waals surface area contributed by atoms with Gasteiger partial charge >= 0.3 is 5.97 Å². The van der Waals surface area contributed by atoms with Gasteiger partial charge in [0, 0.05) is 3.57 Å². The lowest BCUT2D eigenvalue weighted by Gasteiger charge is -2.10. The number of carboxylic acids is 1. The first-order chi connectivity index (χ1) is 7.90. The third kappa shape index (κ3) is 2.89. The Morgan fingerprint density at radius 1 is 1.41 bits per heavy atom. The summed E-state index contributed by atoms with van der Waals surface area (Å²) in [4.78, 5) is 11.0. The fourth-order valence-corrected chi connectivity index (χ4v) is 3.30. The smallest absolute Gasteiger partial charge is 0.337 e. The molecule has 0 bridgehead atoms. The molecule has 5 nitrogen and oxygen atoms in total. The third-order valence-corrected chi connectivity index (χ3v) is 4.95. The molecule has 1 fully saturated rings. The van der Waals surface area contributed by atoms with Crippen molar-refractivity contribution < 1.29 is 18.3 Å². The second-order valence-electron chi connectivity index (χ2n) is 3.84. The molecule has 1 aromatic rings. The Balaban J connectivity index is 2.35. The van der Waals surface area contributed by atoms with Crippen LogP contribution in [0.5, 0.6) is 0 Å². The van der Waals surface area contributed by atoms with E-state index < -0.39 is 16.0 Å². The number of rotatable bonds is 4. The molecule has 17 heavy (non-hydrogen) atoms. The Kier molecular flexibility index (Phi) is 3.30. The van der Waals surface area contributed by atoms with Crippen LogP contribution in [-0.4, -0.2) is 24.7 Å². The number of sulfonamides is 1. The highest BCUT2D eigenvalue weighted by molar-refractivity contribution is 14.1. The van der Waals surface area contributed by atoms with Gasteiger partial charge in [0.2, 0.25) is 10.0 Å². The predicted octanol–water partition coefficient (Wildman–Crippen LogP) is 1.89. The molecular weight excluding hydrogens is 357 g/mol. The van der Waals surface area contributed by atoms with Crippen molar-refractivity contribution in [3.63, 3.8) is 0 Å². The summed E-state index contributed by atoms with van der Waals surface area (Å²) < 4.78 is 26.5. The minimum Gasteiger partial charge on any atom is -0.478 e. The molecule has 2 N–H and O–H groups in total. The highest BCUT2D eigenvalue weighted by atomic mass is 127. The van der Waals surface area contributed by atoms with Crippen molar-refractivity contribution in [2.24, 2.45) is 0 Å². The number of carbonyl (C=O) groups is 1. The summed E-state index contributed by atoms with van der Waals surface area (Å²) in [7, 11) is -3.42. The molecule has 0 radical (unpaired) electrons. The second kappa shape index (κ2) is 4.45. The number of hydrogen-bond donors (Lipinski definition) is 2. The summed E-state index contributed by atoms with van der Waals surface area (Å²) in [5, 5.41) is 8.63. The summed E-state index contributed by atoms with van der Waals surface area (Å²) in [6.07, 6.45) is 1.28. The molecule has 0 heterocycles. The molecule has 1 aliphatic carbocycles. The number of benzene rings is 1. The van der Waals surface area contributed by atoms with E-state index in [4.69, 9.17) is 5.11 Å².